The number of hydrogen-bond donors (Lipinski definition) is 1. The van der Waals surface area contributed by atoms with Gasteiger partial charge in [-0.15, -0.1) is 0 Å². The van der Waals surface area contributed by atoms with Crippen LogP contribution in [0.4, 0.5) is 0 Å². The lowest BCUT2D eigenvalue weighted by atomic mass is 9.95. The van der Waals surface area contributed by atoms with E-state index in [1.54, 1.807) is 0 Å². The van der Waals surface area contributed by atoms with E-state index in [2.05, 4.69) is 5.32 Å². The van der Waals surface area contributed by atoms with Gasteiger partial charge >= 0.3 is 0 Å². The minimum absolute atomic E-state index is 0.264. The van der Waals surface area contributed by atoms with E-state index in [1.807, 2.05) is 31.2 Å². The first-order valence-corrected chi connectivity index (χ1v) is 5.09. The lowest BCUT2D eigenvalue weighted by Crippen LogP contribution is -2.44. The second-order valence-corrected chi connectivity index (χ2v) is 3.88. The average molecular weight is 189 g/mol. The van der Waals surface area contributed by atoms with E-state index in [-0.39, 0.29) is 5.78 Å². The summed E-state index contributed by atoms with van der Waals surface area (Å²) in [5.74, 6) is 0.264. The van der Waals surface area contributed by atoms with Crippen LogP contribution in [-0.4, -0.2) is 18.4 Å². The molecule has 2 heteroatoms. The molecule has 2 nitrogen and oxygen atoms in total. The van der Waals surface area contributed by atoms with Crippen LogP contribution in [0, 0.1) is 6.92 Å². The molecule has 1 unspecified atom stereocenters. The zero-order valence-electron chi connectivity index (χ0n) is 8.42. The first-order valence-electron chi connectivity index (χ1n) is 5.09. The molecule has 1 aliphatic heterocycles. The molecule has 0 bridgehead atoms. The van der Waals surface area contributed by atoms with Crippen molar-refractivity contribution < 1.29 is 4.79 Å². The summed E-state index contributed by atoms with van der Waals surface area (Å²) in [6, 6.07) is 8.21. The largest absolute Gasteiger partial charge is 0.313 e. The Balaban J connectivity index is 2.06. The third-order valence-electron chi connectivity index (χ3n) is 2.80. The first kappa shape index (κ1) is 9.41. The van der Waals surface area contributed by atoms with Gasteiger partial charge in [-0.05, 0) is 25.5 Å². The van der Waals surface area contributed by atoms with Crippen LogP contribution >= 0.6 is 0 Å². The van der Waals surface area contributed by atoms with E-state index in [0.717, 1.165) is 24.1 Å². The van der Waals surface area contributed by atoms with Crippen molar-refractivity contribution in [3.05, 3.63) is 35.4 Å². The van der Waals surface area contributed by atoms with Gasteiger partial charge < -0.3 is 5.32 Å². The Kier molecular flexibility index (Phi) is 2.64. The molecule has 1 aromatic rings. The summed E-state index contributed by atoms with van der Waals surface area (Å²) in [5, 5.41) is 3.24. The molecule has 74 valence electrons. The quantitative estimate of drug-likeness (QED) is 0.736. The lowest BCUT2D eigenvalue weighted by Gasteiger charge is -2.26. The van der Waals surface area contributed by atoms with Crippen LogP contribution in [-0.2, 0) is 0 Å². The predicted molar refractivity (Wildman–Crippen MR) is 56.5 cm³/mol. The Morgan fingerprint density at radius 3 is 2.79 bits per heavy atom. The predicted octanol–water partition coefficient (Wildman–Crippen LogP) is 1.93. The van der Waals surface area contributed by atoms with Gasteiger partial charge in [-0.25, -0.2) is 0 Å². The summed E-state index contributed by atoms with van der Waals surface area (Å²) < 4.78 is 0. The summed E-state index contributed by atoms with van der Waals surface area (Å²) in [4.78, 5) is 11.8. The molecule has 1 saturated heterocycles. The molecule has 2 rings (SSSR count). The number of aryl methyl sites for hydroxylation is 1. The molecule has 1 heterocycles. The summed E-state index contributed by atoms with van der Waals surface area (Å²) in [7, 11) is 0. The minimum atomic E-state index is 0.264. The molecule has 14 heavy (non-hydrogen) atoms. The second-order valence-electron chi connectivity index (χ2n) is 3.88. The standard InChI is InChI=1S/C12H15NO/c1-9-4-2-3-5-11(9)12(14)8-10-6-7-13-10/h2-5,10,13H,6-8H2,1H3. The second kappa shape index (κ2) is 3.93. The topological polar surface area (TPSA) is 29.1 Å². The SMILES string of the molecule is Cc1ccccc1C(=O)CC1CCN1. The summed E-state index contributed by atoms with van der Waals surface area (Å²) in [6.45, 7) is 3.05. The van der Waals surface area contributed by atoms with Gasteiger partial charge in [0.2, 0.25) is 0 Å². The molecule has 1 atom stereocenters. The van der Waals surface area contributed by atoms with E-state index >= 15 is 0 Å². The number of ketones is 1. The van der Waals surface area contributed by atoms with Crippen molar-refractivity contribution in [2.75, 3.05) is 6.54 Å². The van der Waals surface area contributed by atoms with Crippen molar-refractivity contribution in [2.24, 2.45) is 0 Å². The summed E-state index contributed by atoms with van der Waals surface area (Å²) in [6.07, 6.45) is 1.78. The molecule has 1 aliphatic rings. The Morgan fingerprint density at radius 1 is 1.50 bits per heavy atom. The molecule has 0 amide bonds. The number of hydrogen-bond acceptors (Lipinski definition) is 2. The fourth-order valence-electron chi connectivity index (χ4n) is 1.74. The van der Waals surface area contributed by atoms with Crippen molar-refractivity contribution in [3.63, 3.8) is 0 Å². The molecule has 0 spiro atoms. The van der Waals surface area contributed by atoms with E-state index < -0.39 is 0 Å². The highest BCUT2D eigenvalue weighted by Gasteiger charge is 2.20. The smallest absolute Gasteiger partial charge is 0.164 e. The van der Waals surface area contributed by atoms with Crippen molar-refractivity contribution in [1.29, 1.82) is 0 Å². The van der Waals surface area contributed by atoms with Crippen LogP contribution in [0.2, 0.25) is 0 Å². The normalized spacial score (nSPS) is 20.2. The molecule has 1 fully saturated rings. The van der Waals surface area contributed by atoms with Gasteiger partial charge in [-0.3, -0.25) is 4.79 Å². The highest BCUT2D eigenvalue weighted by molar-refractivity contribution is 5.97. The average Bonchev–Trinajstić information content (AvgIpc) is 2.12. The van der Waals surface area contributed by atoms with Gasteiger partial charge in [0, 0.05) is 18.0 Å². The molecule has 0 radical (unpaired) electrons. The van der Waals surface area contributed by atoms with Gasteiger partial charge in [0.15, 0.2) is 5.78 Å². The van der Waals surface area contributed by atoms with Gasteiger partial charge in [0.05, 0.1) is 0 Å². The van der Waals surface area contributed by atoms with Gasteiger partial charge in [0.1, 0.15) is 0 Å². The van der Waals surface area contributed by atoms with Gasteiger partial charge in [-0.2, -0.15) is 0 Å². The third kappa shape index (κ3) is 1.85. The Labute approximate surface area is 84.3 Å². The van der Waals surface area contributed by atoms with Crippen LogP contribution in [0.1, 0.15) is 28.8 Å². The van der Waals surface area contributed by atoms with Crippen LogP contribution < -0.4 is 5.32 Å². The summed E-state index contributed by atoms with van der Waals surface area (Å²) >= 11 is 0. The highest BCUT2D eigenvalue weighted by Crippen LogP contribution is 2.14. The molecule has 0 aromatic heterocycles. The van der Waals surface area contributed by atoms with E-state index in [9.17, 15) is 4.79 Å². The van der Waals surface area contributed by atoms with Crippen LogP contribution in [0.3, 0.4) is 0 Å². The zero-order chi connectivity index (χ0) is 9.97. The lowest BCUT2D eigenvalue weighted by molar-refractivity contribution is 0.0955. The van der Waals surface area contributed by atoms with Crippen molar-refractivity contribution >= 4 is 5.78 Å². The van der Waals surface area contributed by atoms with Crippen molar-refractivity contribution in [2.45, 2.75) is 25.8 Å². The number of rotatable bonds is 3. The van der Waals surface area contributed by atoms with Gasteiger partial charge in [0.25, 0.3) is 0 Å². The Morgan fingerprint density at radius 2 is 2.21 bits per heavy atom. The Hall–Kier alpha value is -1.15. The maximum Gasteiger partial charge on any atom is 0.164 e. The van der Waals surface area contributed by atoms with E-state index in [4.69, 9.17) is 0 Å². The zero-order valence-corrected chi connectivity index (χ0v) is 8.42. The number of Topliss-reactive ketones (excluding diaryl/α,β-unsaturated/α-hetero) is 1. The molecule has 1 aromatic carbocycles. The fourth-order valence-corrected chi connectivity index (χ4v) is 1.74. The van der Waals surface area contributed by atoms with E-state index in [0.29, 0.717) is 12.5 Å². The van der Waals surface area contributed by atoms with Crippen molar-refractivity contribution in [3.8, 4) is 0 Å². The maximum absolute atomic E-state index is 11.8. The number of nitrogens with one attached hydrogen (secondary N) is 1. The molecular formula is C12H15NO. The third-order valence-corrected chi connectivity index (χ3v) is 2.80. The molecular weight excluding hydrogens is 174 g/mol. The summed E-state index contributed by atoms with van der Waals surface area (Å²) in [5.41, 5.74) is 1.96. The fraction of sp³-hybridized carbons (Fsp3) is 0.417. The first-order chi connectivity index (χ1) is 6.77. The molecule has 1 N–H and O–H groups in total. The minimum Gasteiger partial charge on any atom is -0.313 e. The number of carbonyl (C=O) groups excluding carboxylic acids is 1. The van der Waals surface area contributed by atoms with Gasteiger partial charge in [-0.1, -0.05) is 24.3 Å². The molecule has 0 saturated carbocycles. The molecule has 0 aliphatic carbocycles. The highest BCUT2D eigenvalue weighted by atomic mass is 16.1. The van der Waals surface area contributed by atoms with Crippen LogP contribution in [0.5, 0.6) is 0 Å². The number of carbonyl (C=O) groups is 1. The van der Waals surface area contributed by atoms with Crippen LogP contribution in [0.25, 0.3) is 0 Å². The Bertz CT molecular complexity index is 342. The van der Waals surface area contributed by atoms with Crippen LogP contribution in [0.15, 0.2) is 24.3 Å². The number of benzene rings is 1. The maximum atomic E-state index is 11.8. The monoisotopic (exact) mass is 189 g/mol. The van der Waals surface area contributed by atoms with Crippen molar-refractivity contribution in [1.82, 2.24) is 5.32 Å². The van der Waals surface area contributed by atoms with E-state index in [1.165, 1.54) is 0 Å².